The van der Waals surface area contributed by atoms with Crippen LogP contribution in [0.5, 0.6) is 11.6 Å². The Kier molecular flexibility index (Phi) is 3.52. The fourth-order valence-corrected chi connectivity index (χ4v) is 1.62. The second kappa shape index (κ2) is 5.09. The molecule has 0 amide bonds. The number of carboxylic acids is 1. The third kappa shape index (κ3) is 2.90. The largest absolute Gasteiger partial charge is 0.476 e. The van der Waals surface area contributed by atoms with Gasteiger partial charge in [0.2, 0.25) is 5.88 Å². The van der Waals surface area contributed by atoms with Gasteiger partial charge in [0, 0.05) is 0 Å². The molecule has 17 heavy (non-hydrogen) atoms. The Labute approximate surface area is 111 Å². The number of carboxylic acid groups (broad SMARTS) is 1. The summed E-state index contributed by atoms with van der Waals surface area (Å²) in [5, 5.41) is 8.67. The minimum Gasteiger partial charge on any atom is -0.476 e. The van der Waals surface area contributed by atoms with Gasteiger partial charge in [-0.1, -0.05) is 12.1 Å². The van der Waals surface area contributed by atoms with Gasteiger partial charge in [0.25, 0.3) is 0 Å². The van der Waals surface area contributed by atoms with Gasteiger partial charge in [-0.15, -0.1) is 0 Å². The van der Waals surface area contributed by atoms with Gasteiger partial charge in [0.05, 0.1) is 16.0 Å². The summed E-state index contributed by atoms with van der Waals surface area (Å²) in [5.41, 5.74) is -0.111. The summed E-state index contributed by atoms with van der Waals surface area (Å²) in [5.74, 6) is -0.192. The molecule has 1 aromatic carbocycles. The molecule has 0 atom stereocenters. The first kappa shape index (κ1) is 11.8. The van der Waals surface area contributed by atoms with Crippen molar-refractivity contribution in [3.8, 4) is 11.6 Å². The molecule has 0 spiro atoms. The van der Waals surface area contributed by atoms with Gasteiger partial charge in [0.1, 0.15) is 5.75 Å². The van der Waals surface area contributed by atoms with Gasteiger partial charge >= 0.3 is 5.97 Å². The molecule has 1 aromatic heterocycles. The van der Waals surface area contributed by atoms with Crippen LogP contribution in [0.3, 0.4) is 0 Å². The van der Waals surface area contributed by atoms with E-state index >= 15 is 0 Å². The van der Waals surface area contributed by atoms with Crippen molar-refractivity contribution in [2.24, 2.45) is 0 Å². The van der Waals surface area contributed by atoms with E-state index in [1.165, 1.54) is 6.20 Å². The maximum atomic E-state index is 10.6. The molecule has 2 rings (SSSR count). The van der Waals surface area contributed by atoms with Crippen LogP contribution in [0.4, 0.5) is 0 Å². The molecule has 0 saturated carbocycles. The van der Waals surface area contributed by atoms with Crippen LogP contribution >= 0.6 is 22.6 Å². The van der Waals surface area contributed by atoms with Gasteiger partial charge in [-0.05, 0) is 34.7 Å². The first-order chi connectivity index (χ1) is 8.16. The summed E-state index contributed by atoms with van der Waals surface area (Å²) in [6, 6.07) is 7.44. The summed E-state index contributed by atoms with van der Waals surface area (Å²) < 4.78 is 6.41. The summed E-state index contributed by atoms with van der Waals surface area (Å²) in [6.07, 6.45) is 2.44. The van der Waals surface area contributed by atoms with Crippen molar-refractivity contribution in [2.45, 2.75) is 0 Å². The van der Waals surface area contributed by atoms with E-state index in [9.17, 15) is 4.79 Å². The van der Waals surface area contributed by atoms with Crippen LogP contribution in [0.25, 0.3) is 0 Å². The maximum Gasteiger partial charge on any atom is 0.356 e. The predicted molar refractivity (Wildman–Crippen MR) is 68.2 cm³/mol. The highest BCUT2D eigenvalue weighted by molar-refractivity contribution is 14.1. The Morgan fingerprint density at radius 1 is 1.24 bits per heavy atom. The third-order valence-electron chi connectivity index (χ3n) is 1.90. The number of rotatable bonds is 3. The van der Waals surface area contributed by atoms with E-state index in [1.54, 1.807) is 6.07 Å². The Bertz CT molecular complexity index is 543. The zero-order chi connectivity index (χ0) is 12.3. The smallest absolute Gasteiger partial charge is 0.356 e. The molecule has 1 heterocycles. The Morgan fingerprint density at radius 2 is 2.00 bits per heavy atom. The summed E-state index contributed by atoms with van der Waals surface area (Å²) in [4.78, 5) is 18.2. The van der Waals surface area contributed by atoms with Crippen molar-refractivity contribution in [1.29, 1.82) is 0 Å². The van der Waals surface area contributed by atoms with Crippen LogP contribution in [0.2, 0.25) is 0 Å². The number of aromatic nitrogens is 2. The molecule has 0 aliphatic rings. The van der Waals surface area contributed by atoms with Crippen molar-refractivity contribution >= 4 is 28.6 Å². The molecule has 0 aliphatic carbocycles. The standard InChI is InChI=1S/C11H7IN2O3/c12-7-3-1-2-4-9(7)17-10-6-13-8(5-14-10)11(15)16/h1-6H,(H,15,16). The quantitative estimate of drug-likeness (QED) is 0.868. The first-order valence-corrected chi connectivity index (χ1v) is 5.72. The van der Waals surface area contributed by atoms with Crippen molar-refractivity contribution in [3.63, 3.8) is 0 Å². The van der Waals surface area contributed by atoms with Gasteiger partial charge in [-0.3, -0.25) is 0 Å². The number of benzene rings is 1. The van der Waals surface area contributed by atoms with Crippen LogP contribution in [-0.2, 0) is 0 Å². The van der Waals surface area contributed by atoms with E-state index in [0.717, 1.165) is 9.77 Å². The van der Waals surface area contributed by atoms with Crippen LogP contribution in [0, 0.1) is 3.57 Å². The maximum absolute atomic E-state index is 10.6. The predicted octanol–water partition coefficient (Wildman–Crippen LogP) is 2.57. The molecule has 0 unspecified atom stereocenters. The molecular formula is C11H7IN2O3. The molecule has 0 aliphatic heterocycles. The highest BCUT2D eigenvalue weighted by Crippen LogP contribution is 2.24. The second-order valence-electron chi connectivity index (χ2n) is 3.08. The lowest BCUT2D eigenvalue weighted by Gasteiger charge is -2.05. The molecule has 5 nitrogen and oxygen atoms in total. The molecule has 86 valence electrons. The van der Waals surface area contributed by atoms with Crippen LogP contribution in [0.15, 0.2) is 36.7 Å². The van der Waals surface area contributed by atoms with Crippen molar-refractivity contribution in [1.82, 2.24) is 9.97 Å². The van der Waals surface area contributed by atoms with Crippen LogP contribution in [-0.4, -0.2) is 21.0 Å². The monoisotopic (exact) mass is 342 g/mol. The number of hydrogen-bond acceptors (Lipinski definition) is 4. The number of hydrogen-bond donors (Lipinski definition) is 1. The van der Waals surface area contributed by atoms with E-state index in [0.29, 0.717) is 5.75 Å². The number of para-hydroxylation sites is 1. The first-order valence-electron chi connectivity index (χ1n) is 4.64. The van der Waals surface area contributed by atoms with E-state index in [-0.39, 0.29) is 11.6 Å². The second-order valence-corrected chi connectivity index (χ2v) is 4.24. The fourth-order valence-electron chi connectivity index (χ4n) is 1.12. The number of nitrogens with zero attached hydrogens (tertiary/aromatic N) is 2. The number of halogens is 1. The van der Waals surface area contributed by atoms with Crippen LogP contribution < -0.4 is 4.74 Å². The van der Waals surface area contributed by atoms with E-state index in [2.05, 4.69) is 32.6 Å². The average Bonchev–Trinajstić information content (AvgIpc) is 2.33. The number of aromatic carboxylic acids is 1. The molecule has 0 fully saturated rings. The van der Waals surface area contributed by atoms with E-state index in [4.69, 9.17) is 9.84 Å². The SMILES string of the molecule is O=C(O)c1cnc(Oc2ccccc2I)cn1. The van der Waals surface area contributed by atoms with Crippen molar-refractivity contribution in [2.75, 3.05) is 0 Å². The molecule has 0 bridgehead atoms. The third-order valence-corrected chi connectivity index (χ3v) is 2.79. The topological polar surface area (TPSA) is 72.3 Å². The summed E-state index contributed by atoms with van der Waals surface area (Å²) >= 11 is 2.14. The zero-order valence-corrected chi connectivity index (χ0v) is 10.7. The normalized spacial score (nSPS) is 9.94. The fraction of sp³-hybridized carbons (Fsp3) is 0. The number of carbonyl (C=O) groups is 1. The van der Waals surface area contributed by atoms with Gasteiger partial charge in [-0.25, -0.2) is 14.8 Å². The highest BCUT2D eigenvalue weighted by Gasteiger charge is 2.07. The van der Waals surface area contributed by atoms with E-state index < -0.39 is 5.97 Å². The lowest BCUT2D eigenvalue weighted by molar-refractivity contribution is 0.0690. The molecule has 0 radical (unpaired) electrons. The van der Waals surface area contributed by atoms with Gasteiger partial charge in [0.15, 0.2) is 5.69 Å². The zero-order valence-electron chi connectivity index (χ0n) is 8.50. The summed E-state index contributed by atoms with van der Waals surface area (Å²) in [6.45, 7) is 0. The Hall–Kier alpha value is -1.70. The molecule has 0 saturated heterocycles. The lowest BCUT2D eigenvalue weighted by Crippen LogP contribution is -2.01. The minimum atomic E-state index is -1.11. The minimum absolute atomic E-state index is 0.111. The summed E-state index contributed by atoms with van der Waals surface area (Å²) in [7, 11) is 0. The lowest BCUT2D eigenvalue weighted by atomic mass is 10.3. The van der Waals surface area contributed by atoms with Gasteiger partial charge in [-0.2, -0.15) is 0 Å². The Balaban J connectivity index is 2.20. The highest BCUT2D eigenvalue weighted by atomic mass is 127. The number of ether oxygens (including phenoxy) is 1. The Morgan fingerprint density at radius 3 is 2.59 bits per heavy atom. The van der Waals surface area contributed by atoms with Crippen molar-refractivity contribution < 1.29 is 14.6 Å². The average molecular weight is 342 g/mol. The van der Waals surface area contributed by atoms with Crippen molar-refractivity contribution in [3.05, 3.63) is 45.9 Å². The molecule has 2 aromatic rings. The van der Waals surface area contributed by atoms with E-state index in [1.807, 2.05) is 18.2 Å². The molecular weight excluding hydrogens is 335 g/mol. The molecule has 6 heteroatoms. The molecule has 1 N–H and O–H groups in total. The van der Waals surface area contributed by atoms with Gasteiger partial charge < -0.3 is 9.84 Å². The van der Waals surface area contributed by atoms with Crippen LogP contribution in [0.1, 0.15) is 10.5 Å².